The highest BCUT2D eigenvalue weighted by atomic mass is 79.9. The first-order chi connectivity index (χ1) is 11.0. The number of amides is 1. The summed E-state index contributed by atoms with van der Waals surface area (Å²) in [6.45, 7) is 0.597. The van der Waals surface area contributed by atoms with Gasteiger partial charge >= 0.3 is 0 Å². The van der Waals surface area contributed by atoms with Crippen molar-refractivity contribution in [3.05, 3.63) is 34.8 Å². The second-order valence-corrected chi connectivity index (χ2v) is 7.47. The highest BCUT2D eigenvalue weighted by molar-refractivity contribution is 9.10. The van der Waals surface area contributed by atoms with Crippen molar-refractivity contribution in [2.75, 3.05) is 29.5 Å². The van der Waals surface area contributed by atoms with Gasteiger partial charge in [0.05, 0.1) is 5.75 Å². The van der Waals surface area contributed by atoms with Crippen molar-refractivity contribution in [1.82, 2.24) is 15.3 Å². The van der Waals surface area contributed by atoms with Crippen LogP contribution < -0.4 is 16.8 Å². The van der Waals surface area contributed by atoms with Crippen LogP contribution in [0.25, 0.3) is 0 Å². The fourth-order valence-electron chi connectivity index (χ4n) is 1.60. The first kappa shape index (κ1) is 17.9. The lowest BCUT2D eigenvalue weighted by Crippen LogP contribution is -2.27. The van der Waals surface area contributed by atoms with Gasteiger partial charge in [-0.15, -0.1) is 11.8 Å². The topological polar surface area (TPSA) is 107 Å². The van der Waals surface area contributed by atoms with Gasteiger partial charge in [0.15, 0.2) is 5.16 Å². The van der Waals surface area contributed by atoms with Crippen LogP contribution in [0.1, 0.15) is 0 Å². The molecule has 0 aliphatic heterocycles. The average Bonchev–Trinajstić information content (AvgIpc) is 2.50. The Hall–Kier alpha value is -1.45. The van der Waals surface area contributed by atoms with E-state index < -0.39 is 0 Å². The van der Waals surface area contributed by atoms with E-state index in [9.17, 15) is 4.79 Å². The molecule has 2 aromatic rings. The molecular formula is C14H16BrN5OS2. The fourth-order valence-corrected chi connectivity index (χ4v) is 3.33. The van der Waals surface area contributed by atoms with Crippen molar-refractivity contribution < 1.29 is 4.79 Å². The van der Waals surface area contributed by atoms with Crippen molar-refractivity contribution in [2.24, 2.45) is 0 Å². The maximum absolute atomic E-state index is 11.8. The summed E-state index contributed by atoms with van der Waals surface area (Å²) in [5.41, 5.74) is 11.2. The van der Waals surface area contributed by atoms with Crippen LogP contribution in [0.2, 0.25) is 0 Å². The Morgan fingerprint density at radius 1 is 1.13 bits per heavy atom. The minimum Gasteiger partial charge on any atom is -0.383 e. The summed E-state index contributed by atoms with van der Waals surface area (Å²) < 4.78 is 1.05. The second kappa shape index (κ2) is 8.99. The first-order valence-corrected chi connectivity index (χ1v) is 9.47. The number of benzene rings is 1. The molecule has 0 radical (unpaired) electrons. The number of hydrogen-bond donors (Lipinski definition) is 3. The molecule has 0 fully saturated rings. The SMILES string of the molecule is Nc1cc(N)nc(SCC(=O)NCCSc2ccc(Br)cc2)n1. The molecule has 0 saturated heterocycles. The van der Waals surface area contributed by atoms with Crippen LogP contribution in [0, 0.1) is 0 Å². The van der Waals surface area contributed by atoms with Gasteiger partial charge in [0.2, 0.25) is 5.91 Å². The maximum Gasteiger partial charge on any atom is 0.230 e. The molecule has 9 heteroatoms. The number of carbonyl (C=O) groups is 1. The number of thioether (sulfide) groups is 2. The molecule has 2 rings (SSSR count). The Balaban J connectivity index is 1.66. The number of aromatic nitrogens is 2. The Morgan fingerprint density at radius 2 is 1.78 bits per heavy atom. The summed E-state index contributed by atoms with van der Waals surface area (Å²) >= 11 is 6.29. The van der Waals surface area contributed by atoms with E-state index in [0.29, 0.717) is 23.3 Å². The minimum atomic E-state index is -0.0731. The highest BCUT2D eigenvalue weighted by Crippen LogP contribution is 2.20. The second-order valence-electron chi connectivity index (χ2n) is 4.44. The number of halogens is 1. The van der Waals surface area contributed by atoms with E-state index in [2.05, 4.69) is 31.2 Å². The number of carbonyl (C=O) groups excluding carboxylic acids is 1. The Labute approximate surface area is 151 Å². The molecule has 1 aromatic heterocycles. The van der Waals surface area contributed by atoms with E-state index in [1.807, 2.05) is 24.3 Å². The number of nitrogens with one attached hydrogen (secondary N) is 1. The molecule has 23 heavy (non-hydrogen) atoms. The summed E-state index contributed by atoms with van der Waals surface area (Å²) in [6, 6.07) is 9.54. The van der Waals surface area contributed by atoms with Gasteiger partial charge in [-0.25, -0.2) is 9.97 Å². The third-order valence-electron chi connectivity index (χ3n) is 2.58. The number of rotatable bonds is 7. The molecule has 1 amide bonds. The van der Waals surface area contributed by atoms with Crippen molar-refractivity contribution in [1.29, 1.82) is 0 Å². The quantitative estimate of drug-likeness (QED) is 0.363. The van der Waals surface area contributed by atoms with E-state index >= 15 is 0 Å². The molecule has 0 atom stereocenters. The third-order valence-corrected chi connectivity index (χ3v) is 4.97. The molecule has 5 N–H and O–H groups in total. The van der Waals surface area contributed by atoms with Gasteiger partial charge in [-0.3, -0.25) is 4.79 Å². The number of nitrogen functional groups attached to an aromatic ring is 2. The van der Waals surface area contributed by atoms with Crippen LogP contribution in [0.3, 0.4) is 0 Å². The number of nitrogens with zero attached hydrogens (tertiary/aromatic N) is 2. The smallest absolute Gasteiger partial charge is 0.230 e. The summed E-state index contributed by atoms with van der Waals surface area (Å²) in [4.78, 5) is 21.0. The van der Waals surface area contributed by atoms with Gasteiger partial charge in [0, 0.05) is 27.7 Å². The molecule has 0 aliphatic rings. The van der Waals surface area contributed by atoms with E-state index in [0.717, 1.165) is 10.2 Å². The lowest BCUT2D eigenvalue weighted by molar-refractivity contribution is -0.118. The number of nitrogens with two attached hydrogens (primary N) is 2. The standard InChI is InChI=1S/C14H16BrN5OS2/c15-9-1-3-10(4-2-9)22-6-5-18-13(21)8-23-14-19-11(16)7-12(17)20-14/h1-4,7H,5-6,8H2,(H,18,21)(H4,16,17,19,20). The summed E-state index contributed by atoms with van der Waals surface area (Å²) in [7, 11) is 0. The number of hydrogen-bond acceptors (Lipinski definition) is 7. The van der Waals surface area contributed by atoms with Crippen molar-refractivity contribution in [3.63, 3.8) is 0 Å². The Bertz CT molecular complexity index is 648. The van der Waals surface area contributed by atoms with Gasteiger partial charge in [0.1, 0.15) is 11.6 Å². The van der Waals surface area contributed by atoms with E-state index in [4.69, 9.17) is 11.5 Å². The summed E-state index contributed by atoms with van der Waals surface area (Å²) in [5, 5.41) is 3.26. The molecule has 0 bridgehead atoms. The highest BCUT2D eigenvalue weighted by Gasteiger charge is 2.06. The van der Waals surface area contributed by atoms with Crippen LogP contribution in [-0.2, 0) is 4.79 Å². The van der Waals surface area contributed by atoms with Crippen LogP contribution in [0.15, 0.2) is 44.9 Å². The zero-order valence-electron chi connectivity index (χ0n) is 12.2. The van der Waals surface area contributed by atoms with Crippen LogP contribution in [-0.4, -0.2) is 33.9 Å². The number of anilines is 2. The Morgan fingerprint density at radius 3 is 2.43 bits per heavy atom. The molecule has 0 saturated carbocycles. The Kier molecular flexibility index (Phi) is 7.00. The zero-order valence-corrected chi connectivity index (χ0v) is 15.4. The minimum absolute atomic E-state index is 0.0731. The van der Waals surface area contributed by atoms with Crippen molar-refractivity contribution >= 4 is 57.0 Å². The lowest BCUT2D eigenvalue weighted by Gasteiger charge is -2.05. The normalized spacial score (nSPS) is 10.5. The first-order valence-electron chi connectivity index (χ1n) is 6.71. The summed E-state index contributed by atoms with van der Waals surface area (Å²) in [6.07, 6.45) is 0. The van der Waals surface area contributed by atoms with Crippen molar-refractivity contribution in [3.8, 4) is 0 Å². The van der Waals surface area contributed by atoms with Gasteiger partial charge in [0.25, 0.3) is 0 Å². The molecule has 6 nitrogen and oxygen atoms in total. The summed E-state index contributed by atoms with van der Waals surface area (Å²) in [5.74, 6) is 1.56. The predicted octanol–water partition coefficient (Wildman–Crippen LogP) is 2.40. The van der Waals surface area contributed by atoms with E-state index in [-0.39, 0.29) is 11.7 Å². The van der Waals surface area contributed by atoms with Crippen LogP contribution in [0.5, 0.6) is 0 Å². The van der Waals surface area contributed by atoms with Gasteiger partial charge in [-0.2, -0.15) is 0 Å². The maximum atomic E-state index is 11.8. The largest absolute Gasteiger partial charge is 0.383 e. The monoisotopic (exact) mass is 413 g/mol. The van der Waals surface area contributed by atoms with Crippen LogP contribution in [0.4, 0.5) is 11.6 Å². The van der Waals surface area contributed by atoms with Crippen LogP contribution >= 0.6 is 39.5 Å². The van der Waals surface area contributed by atoms with Crippen molar-refractivity contribution in [2.45, 2.75) is 10.1 Å². The molecule has 0 unspecified atom stereocenters. The average molecular weight is 414 g/mol. The predicted molar refractivity (Wildman–Crippen MR) is 99.5 cm³/mol. The fraction of sp³-hybridized carbons (Fsp3) is 0.214. The van der Waals surface area contributed by atoms with Gasteiger partial charge < -0.3 is 16.8 Å². The molecular weight excluding hydrogens is 398 g/mol. The van der Waals surface area contributed by atoms with E-state index in [1.54, 1.807) is 11.8 Å². The zero-order chi connectivity index (χ0) is 16.7. The molecule has 1 heterocycles. The van der Waals surface area contributed by atoms with E-state index in [1.165, 1.54) is 22.7 Å². The lowest BCUT2D eigenvalue weighted by atomic mass is 10.4. The molecule has 1 aromatic carbocycles. The molecule has 0 spiro atoms. The molecule has 122 valence electrons. The van der Waals surface area contributed by atoms with Gasteiger partial charge in [-0.05, 0) is 24.3 Å². The molecule has 0 aliphatic carbocycles. The third kappa shape index (κ3) is 6.67. The van der Waals surface area contributed by atoms with Gasteiger partial charge in [-0.1, -0.05) is 27.7 Å².